The van der Waals surface area contributed by atoms with E-state index in [9.17, 15) is 9.50 Å². The van der Waals surface area contributed by atoms with Gasteiger partial charge < -0.3 is 14.6 Å². The van der Waals surface area contributed by atoms with Crippen molar-refractivity contribution in [1.29, 1.82) is 0 Å². The highest BCUT2D eigenvalue weighted by atomic mass is 19.1. The zero-order valence-corrected chi connectivity index (χ0v) is 10.5. The quantitative estimate of drug-likeness (QED) is 0.305. The highest BCUT2D eigenvalue weighted by molar-refractivity contribution is 5.30. The smallest absolute Gasteiger partial charge is 0.178 e. The Hall–Kier alpha value is -1.79. The molecule has 0 spiro atoms. The van der Waals surface area contributed by atoms with E-state index >= 15 is 0 Å². The van der Waals surface area contributed by atoms with E-state index in [2.05, 4.69) is 11.5 Å². The molecule has 5 nitrogen and oxygen atoms in total. The predicted molar refractivity (Wildman–Crippen MR) is 66.6 cm³/mol. The summed E-state index contributed by atoms with van der Waals surface area (Å²) in [6, 6.07) is 6.61. The van der Waals surface area contributed by atoms with Gasteiger partial charge in [0.05, 0.1) is 13.2 Å². The van der Waals surface area contributed by atoms with Crippen LogP contribution in [-0.4, -0.2) is 37.7 Å². The second-order valence-electron chi connectivity index (χ2n) is 3.55. The molecule has 0 aliphatic carbocycles. The van der Waals surface area contributed by atoms with Crippen molar-refractivity contribution in [2.45, 2.75) is 6.10 Å². The van der Waals surface area contributed by atoms with Gasteiger partial charge in [0.2, 0.25) is 0 Å². The van der Waals surface area contributed by atoms with Crippen LogP contribution in [0.25, 0.3) is 0 Å². The molecule has 0 aliphatic rings. The lowest BCUT2D eigenvalue weighted by atomic mass is 10.3. The molecule has 1 aromatic rings. The SMILES string of the molecule is C=COOc1ccc(OCC(O)COCCF)cc1. The fraction of sp³-hybridized carbons (Fsp3) is 0.385. The summed E-state index contributed by atoms with van der Waals surface area (Å²) < 4.78 is 21.9. The number of halogens is 1. The third kappa shape index (κ3) is 6.64. The van der Waals surface area contributed by atoms with Gasteiger partial charge in [0.1, 0.15) is 31.4 Å². The fourth-order valence-electron chi connectivity index (χ4n) is 1.20. The van der Waals surface area contributed by atoms with Crippen LogP contribution in [0.2, 0.25) is 0 Å². The minimum atomic E-state index is -0.799. The first-order valence-electron chi connectivity index (χ1n) is 5.75. The maximum atomic E-state index is 11.8. The van der Waals surface area contributed by atoms with E-state index in [1.807, 2.05) is 0 Å². The first-order valence-corrected chi connectivity index (χ1v) is 5.75. The van der Waals surface area contributed by atoms with Gasteiger partial charge in [-0.05, 0) is 24.3 Å². The summed E-state index contributed by atoms with van der Waals surface area (Å²) in [4.78, 5) is 9.37. The molecule has 0 saturated heterocycles. The number of rotatable bonds is 10. The number of ether oxygens (including phenoxy) is 2. The van der Waals surface area contributed by atoms with Crippen LogP contribution in [-0.2, 0) is 9.62 Å². The largest absolute Gasteiger partial charge is 0.491 e. The molecule has 0 saturated carbocycles. The standard InChI is InChI=1S/C13H17FO5/c1-2-18-19-13-5-3-12(4-6-13)17-10-11(15)9-16-8-7-14/h2-6,11,15H,1,7-10H2. The van der Waals surface area contributed by atoms with E-state index in [4.69, 9.17) is 14.4 Å². The first kappa shape index (κ1) is 15.3. The van der Waals surface area contributed by atoms with Crippen LogP contribution in [0.15, 0.2) is 37.1 Å². The Morgan fingerprint density at radius 1 is 1.21 bits per heavy atom. The Morgan fingerprint density at radius 2 is 1.89 bits per heavy atom. The summed E-state index contributed by atoms with van der Waals surface area (Å²) in [5.74, 6) is 1.06. The molecule has 1 atom stereocenters. The summed E-state index contributed by atoms with van der Waals surface area (Å²) >= 11 is 0. The fourth-order valence-corrected chi connectivity index (χ4v) is 1.20. The average molecular weight is 272 g/mol. The molecule has 0 fully saturated rings. The Bertz CT molecular complexity index is 355. The van der Waals surface area contributed by atoms with E-state index in [0.717, 1.165) is 6.26 Å². The molecule has 0 aromatic heterocycles. The molecule has 6 heteroatoms. The highest BCUT2D eigenvalue weighted by Crippen LogP contribution is 2.17. The Morgan fingerprint density at radius 3 is 2.53 bits per heavy atom. The normalized spacial score (nSPS) is 11.7. The molecule has 1 N–H and O–H groups in total. The number of hydrogen-bond donors (Lipinski definition) is 1. The molecule has 1 unspecified atom stereocenters. The van der Waals surface area contributed by atoms with Crippen LogP contribution >= 0.6 is 0 Å². The second-order valence-corrected chi connectivity index (χ2v) is 3.55. The highest BCUT2D eigenvalue weighted by Gasteiger charge is 2.05. The van der Waals surface area contributed by atoms with Crippen LogP contribution in [0.3, 0.4) is 0 Å². The molecule has 1 rings (SSSR count). The van der Waals surface area contributed by atoms with Crippen LogP contribution in [0.4, 0.5) is 4.39 Å². The van der Waals surface area contributed by atoms with Crippen LogP contribution in [0.1, 0.15) is 0 Å². The summed E-state index contributed by atoms with van der Waals surface area (Å²) in [7, 11) is 0. The number of alkyl halides is 1. The Kier molecular flexibility index (Phi) is 7.38. The Balaban J connectivity index is 2.26. The minimum Gasteiger partial charge on any atom is -0.491 e. The molecular formula is C13H17FO5. The van der Waals surface area contributed by atoms with Gasteiger partial charge in [0.25, 0.3) is 0 Å². The van der Waals surface area contributed by atoms with Crippen molar-refractivity contribution in [2.24, 2.45) is 0 Å². The average Bonchev–Trinajstić information content (AvgIpc) is 2.44. The van der Waals surface area contributed by atoms with Crippen LogP contribution in [0, 0.1) is 0 Å². The molecular weight excluding hydrogens is 255 g/mol. The number of hydrogen-bond acceptors (Lipinski definition) is 5. The van der Waals surface area contributed by atoms with Crippen molar-refractivity contribution in [3.05, 3.63) is 37.1 Å². The topological polar surface area (TPSA) is 57.2 Å². The lowest BCUT2D eigenvalue weighted by molar-refractivity contribution is -0.148. The van der Waals surface area contributed by atoms with Gasteiger partial charge in [-0.2, -0.15) is 0 Å². The Labute approximate surface area is 111 Å². The van der Waals surface area contributed by atoms with Gasteiger partial charge in [-0.1, -0.05) is 6.58 Å². The third-order valence-corrected chi connectivity index (χ3v) is 2.01. The van der Waals surface area contributed by atoms with Crippen molar-refractivity contribution in [3.63, 3.8) is 0 Å². The zero-order chi connectivity index (χ0) is 13.9. The van der Waals surface area contributed by atoms with E-state index in [-0.39, 0.29) is 19.8 Å². The van der Waals surface area contributed by atoms with Gasteiger partial charge in [0, 0.05) is 0 Å². The number of aliphatic hydroxyl groups excluding tert-OH is 1. The summed E-state index contributed by atoms with van der Waals surface area (Å²) in [5.41, 5.74) is 0. The third-order valence-electron chi connectivity index (χ3n) is 2.01. The van der Waals surface area contributed by atoms with Crippen molar-refractivity contribution < 1.29 is 28.7 Å². The summed E-state index contributed by atoms with van der Waals surface area (Å²) in [6.45, 7) is 2.85. The van der Waals surface area contributed by atoms with Crippen molar-refractivity contribution in [2.75, 3.05) is 26.5 Å². The van der Waals surface area contributed by atoms with Crippen molar-refractivity contribution in [3.8, 4) is 11.5 Å². The molecule has 0 bridgehead atoms. The number of aliphatic hydroxyl groups is 1. The molecule has 0 heterocycles. The predicted octanol–water partition coefficient (Wildman–Crippen LogP) is 1.87. The minimum absolute atomic E-state index is 0.0214. The molecule has 0 aliphatic heterocycles. The van der Waals surface area contributed by atoms with Gasteiger partial charge >= 0.3 is 0 Å². The van der Waals surface area contributed by atoms with Crippen molar-refractivity contribution in [1.82, 2.24) is 0 Å². The van der Waals surface area contributed by atoms with Crippen LogP contribution < -0.4 is 9.62 Å². The van der Waals surface area contributed by atoms with Gasteiger partial charge in [-0.3, -0.25) is 9.78 Å². The van der Waals surface area contributed by atoms with Crippen molar-refractivity contribution >= 4 is 0 Å². The van der Waals surface area contributed by atoms with E-state index in [1.54, 1.807) is 24.3 Å². The molecule has 1 aromatic carbocycles. The molecule has 0 amide bonds. The van der Waals surface area contributed by atoms with Gasteiger partial charge in [-0.25, -0.2) is 4.39 Å². The second kappa shape index (κ2) is 9.18. The monoisotopic (exact) mass is 272 g/mol. The maximum Gasteiger partial charge on any atom is 0.178 e. The van der Waals surface area contributed by atoms with Gasteiger partial charge in [-0.15, -0.1) is 0 Å². The van der Waals surface area contributed by atoms with E-state index in [1.165, 1.54) is 0 Å². The summed E-state index contributed by atoms with van der Waals surface area (Å²) in [5, 5.41) is 9.48. The number of benzene rings is 1. The lowest BCUT2D eigenvalue weighted by Gasteiger charge is -2.12. The summed E-state index contributed by atoms with van der Waals surface area (Å²) in [6.07, 6.45) is 0.365. The lowest BCUT2D eigenvalue weighted by Crippen LogP contribution is -2.23. The van der Waals surface area contributed by atoms with E-state index < -0.39 is 12.8 Å². The van der Waals surface area contributed by atoms with Gasteiger partial charge in [0.15, 0.2) is 5.75 Å². The van der Waals surface area contributed by atoms with Crippen LogP contribution in [0.5, 0.6) is 11.5 Å². The molecule has 0 radical (unpaired) electrons. The molecule has 19 heavy (non-hydrogen) atoms. The zero-order valence-electron chi connectivity index (χ0n) is 10.5. The molecule has 106 valence electrons. The first-order chi connectivity index (χ1) is 9.26. The van der Waals surface area contributed by atoms with E-state index in [0.29, 0.717) is 11.5 Å². The maximum absolute atomic E-state index is 11.8.